The topological polar surface area (TPSA) is 91.2 Å². The van der Waals surface area contributed by atoms with Gasteiger partial charge < -0.3 is 14.8 Å². The van der Waals surface area contributed by atoms with Gasteiger partial charge in [0.05, 0.1) is 24.3 Å². The lowest BCUT2D eigenvalue weighted by Gasteiger charge is -2.28. The van der Waals surface area contributed by atoms with Crippen molar-refractivity contribution >= 4 is 39.4 Å². The molecule has 0 spiro atoms. The molecule has 24 heavy (non-hydrogen) atoms. The first kappa shape index (κ1) is 16.7. The molecular weight excluding hydrogens is 402 g/mol. The number of rotatable bonds is 3. The van der Waals surface area contributed by atoms with Crippen molar-refractivity contribution in [2.75, 3.05) is 19.5 Å². The zero-order valence-electron chi connectivity index (χ0n) is 13.0. The van der Waals surface area contributed by atoms with Crippen LogP contribution in [0, 0.1) is 0 Å². The van der Waals surface area contributed by atoms with Gasteiger partial charge in [-0.15, -0.1) is 0 Å². The van der Waals surface area contributed by atoms with Crippen LogP contribution in [0.2, 0.25) is 5.02 Å². The summed E-state index contributed by atoms with van der Waals surface area (Å²) in [6, 6.07) is 2.77. The molecule has 1 aromatic carbocycles. The highest BCUT2D eigenvalue weighted by Crippen LogP contribution is 2.43. The molecule has 0 amide bonds. The number of carbonyl (C=O) groups is 1. The largest absolute Gasteiger partial charge is 0.495 e. The van der Waals surface area contributed by atoms with E-state index in [0.29, 0.717) is 38.0 Å². The molecule has 8 nitrogen and oxygen atoms in total. The molecule has 126 valence electrons. The minimum atomic E-state index is -0.645. The van der Waals surface area contributed by atoms with Gasteiger partial charge in [0.25, 0.3) is 0 Å². The normalized spacial score (nSPS) is 16.5. The number of anilines is 1. The Balaban J connectivity index is 2.30. The maximum atomic E-state index is 12.4. The van der Waals surface area contributed by atoms with Crippen LogP contribution < -0.4 is 10.1 Å². The number of methoxy groups -OCH3 is 2. The molecule has 2 heterocycles. The van der Waals surface area contributed by atoms with Gasteiger partial charge in [0.2, 0.25) is 5.95 Å². The zero-order valence-corrected chi connectivity index (χ0v) is 15.3. The van der Waals surface area contributed by atoms with E-state index in [1.165, 1.54) is 18.9 Å². The number of nitrogens with zero attached hydrogens (tertiary/aromatic N) is 4. The number of hydrogen-bond acceptors (Lipinski definition) is 7. The lowest BCUT2D eigenvalue weighted by molar-refractivity contribution is -0.136. The molecule has 0 saturated heterocycles. The molecular formula is C14H13BrClN5O3. The van der Waals surface area contributed by atoms with Crippen LogP contribution in [-0.4, -0.2) is 40.4 Å². The number of halogens is 2. The fraction of sp³-hybridized carbons (Fsp3) is 0.286. The van der Waals surface area contributed by atoms with Crippen molar-refractivity contribution in [1.82, 2.24) is 20.2 Å². The summed E-state index contributed by atoms with van der Waals surface area (Å²) in [6.07, 6.45) is 0. The molecule has 2 aromatic rings. The summed E-state index contributed by atoms with van der Waals surface area (Å²) >= 11 is 9.63. The van der Waals surface area contributed by atoms with Crippen LogP contribution in [0.25, 0.3) is 0 Å². The number of benzene rings is 1. The Morgan fingerprint density at radius 3 is 2.83 bits per heavy atom. The molecule has 1 aliphatic rings. The molecule has 0 radical (unpaired) electrons. The molecule has 1 atom stereocenters. The fourth-order valence-electron chi connectivity index (χ4n) is 2.67. The first-order valence-corrected chi connectivity index (χ1v) is 8.02. The average molecular weight is 415 g/mol. The first-order chi connectivity index (χ1) is 11.5. The predicted octanol–water partition coefficient (Wildman–Crippen LogP) is 2.56. The second-order valence-corrected chi connectivity index (χ2v) is 6.31. The summed E-state index contributed by atoms with van der Waals surface area (Å²) in [5, 5.41) is 15.1. The number of fused-ring (bicyclic) bond motifs is 1. The van der Waals surface area contributed by atoms with E-state index in [2.05, 4.69) is 36.8 Å². The zero-order chi connectivity index (χ0) is 17.4. The van der Waals surface area contributed by atoms with Crippen molar-refractivity contribution in [2.45, 2.75) is 13.0 Å². The second-order valence-electron chi connectivity index (χ2n) is 5.01. The Morgan fingerprint density at radius 2 is 2.17 bits per heavy atom. The first-order valence-electron chi connectivity index (χ1n) is 6.84. The smallest absolute Gasteiger partial charge is 0.338 e. The van der Waals surface area contributed by atoms with Gasteiger partial charge in [-0.2, -0.15) is 4.68 Å². The quantitative estimate of drug-likeness (QED) is 0.772. The fourth-order valence-corrected chi connectivity index (χ4v) is 3.67. The molecule has 10 heteroatoms. The third-order valence-corrected chi connectivity index (χ3v) is 4.46. The lowest BCUT2D eigenvalue weighted by Crippen LogP contribution is -2.29. The predicted molar refractivity (Wildman–Crippen MR) is 90.0 cm³/mol. The molecule has 1 N–H and O–H groups in total. The molecule has 0 fully saturated rings. The summed E-state index contributed by atoms with van der Waals surface area (Å²) in [6.45, 7) is 1.75. The van der Waals surface area contributed by atoms with Crippen molar-refractivity contribution in [3.63, 3.8) is 0 Å². The summed E-state index contributed by atoms with van der Waals surface area (Å²) in [7, 11) is 2.85. The average Bonchev–Trinajstić information content (AvgIpc) is 3.00. The monoisotopic (exact) mass is 413 g/mol. The number of nitrogens with one attached hydrogen (secondary N) is 1. The minimum Gasteiger partial charge on any atom is -0.495 e. The Kier molecular flexibility index (Phi) is 4.46. The van der Waals surface area contributed by atoms with Gasteiger partial charge in [-0.05, 0) is 45.4 Å². The molecule has 0 saturated carbocycles. The summed E-state index contributed by atoms with van der Waals surface area (Å²) in [4.78, 5) is 12.4. The van der Waals surface area contributed by atoms with Gasteiger partial charge in [-0.3, -0.25) is 0 Å². The summed E-state index contributed by atoms with van der Waals surface area (Å²) in [5.41, 5.74) is 1.59. The number of ether oxygens (including phenoxy) is 2. The third kappa shape index (κ3) is 2.63. The number of tetrazole rings is 1. The number of esters is 1. The van der Waals surface area contributed by atoms with Crippen molar-refractivity contribution in [3.05, 3.63) is 38.5 Å². The number of allylic oxidation sites excluding steroid dienone is 1. The van der Waals surface area contributed by atoms with Crippen LogP contribution in [0.5, 0.6) is 5.75 Å². The van der Waals surface area contributed by atoms with Gasteiger partial charge in [-0.25, -0.2) is 4.79 Å². The maximum absolute atomic E-state index is 12.4. The summed E-state index contributed by atoms with van der Waals surface area (Å²) in [5.74, 6) is 0.439. The van der Waals surface area contributed by atoms with Crippen molar-refractivity contribution in [3.8, 4) is 5.75 Å². The van der Waals surface area contributed by atoms with Crippen LogP contribution in [0.3, 0.4) is 0 Å². The van der Waals surface area contributed by atoms with Crippen LogP contribution in [0.1, 0.15) is 18.5 Å². The highest BCUT2D eigenvalue weighted by atomic mass is 79.9. The van der Waals surface area contributed by atoms with Gasteiger partial charge in [0, 0.05) is 16.3 Å². The van der Waals surface area contributed by atoms with E-state index in [9.17, 15) is 4.79 Å². The molecule has 1 unspecified atom stereocenters. The van der Waals surface area contributed by atoms with Crippen molar-refractivity contribution in [2.24, 2.45) is 0 Å². The van der Waals surface area contributed by atoms with Gasteiger partial charge in [0.1, 0.15) is 11.8 Å². The van der Waals surface area contributed by atoms with E-state index in [0.717, 1.165) is 0 Å². The second kappa shape index (κ2) is 6.40. The molecule has 0 bridgehead atoms. The van der Waals surface area contributed by atoms with E-state index in [4.69, 9.17) is 21.1 Å². The van der Waals surface area contributed by atoms with Crippen LogP contribution in [0.15, 0.2) is 27.9 Å². The molecule has 1 aliphatic heterocycles. The molecule has 3 rings (SSSR count). The Morgan fingerprint density at radius 1 is 1.42 bits per heavy atom. The minimum absolute atomic E-state index is 0.366. The summed E-state index contributed by atoms with van der Waals surface area (Å²) < 4.78 is 12.6. The standard InChI is InChI=1S/C14H13BrClN5O3/c1-6-10(13(22)24-3)11(21-14(17-6)18-19-20-21)8-4-7(16)5-9(15)12(8)23-2/h4-5,11H,1-3H3,(H,17,18,20). The van der Waals surface area contributed by atoms with Crippen LogP contribution in [0.4, 0.5) is 5.95 Å². The van der Waals surface area contributed by atoms with E-state index >= 15 is 0 Å². The number of hydrogen-bond donors (Lipinski definition) is 1. The Hall–Kier alpha value is -2.13. The highest BCUT2D eigenvalue weighted by molar-refractivity contribution is 9.10. The third-order valence-electron chi connectivity index (χ3n) is 3.66. The SMILES string of the molecule is COC(=O)C1=C(C)Nc2nnnn2C1c1cc(Cl)cc(Br)c1OC. The van der Waals surface area contributed by atoms with Crippen LogP contribution >= 0.6 is 27.5 Å². The maximum Gasteiger partial charge on any atom is 0.338 e. The van der Waals surface area contributed by atoms with Gasteiger partial charge in [-0.1, -0.05) is 16.7 Å². The van der Waals surface area contributed by atoms with Crippen LogP contribution in [-0.2, 0) is 9.53 Å². The molecule has 1 aromatic heterocycles. The van der Waals surface area contributed by atoms with E-state index in [1.807, 2.05) is 0 Å². The Bertz CT molecular complexity index is 851. The highest BCUT2D eigenvalue weighted by Gasteiger charge is 2.37. The molecule has 0 aliphatic carbocycles. The van der Waals surface area contributed by atoms with E-state index in [1.54, 1.807) is 19.1 Å². The van der Waals surface area contributed by atoms with Crippen molar-refractivity contribution in [1.29, 1.82) is 0 Å². The van der Waals surface area contributed by atoms with E-state index < -0.39 is 12.0 Å². The lowest BCUT2D eigenvalue weighted by atomic mass is 9.95. The van der Waals surface area contributed by atoms with Gasteiger partial charge in [0.15, 0.2) is 0 Å². The Labute approximate surface area is 150 Å². The van der Waals surface area contributed by atoms with E-state index in [-0.39, 0.29) is 0 Å². The van der Waals surface area contributed by atoms with Gasteiger partial charge >= 0.3 is 5.97 Å². The number of aromatic nitrogens is 4. The van der Waals surface area contributed by atoms with Crippen molar-refractivity contribution < 1.29 is 14.3 Å². The number of carbonyl (C=O) groups excluding carboxylic acids is 1.